The summed E-state index contributed by atoms with van der Waals surface area (Å²) in [7, 11) is 0. The maximum absolute atomic E-state index is 13.0. The Hall–Kier alpha value is -2.96. The van der Waals surface area contributed by atoms with Crippen LogP contribution in [0.3, 0.4) is 0 Å². The molecule has 0 aliphatic carbocycles. The van der Waals surface area contributed by atoms with E-state index in [9.17, 15) is 9.18 Å². The van der Waals surface area contributed by atoms with Gasteiger partial charge in [0.2, 0.25) is 5.91 Å². The van der Waals surface area contributed by atoms with Crippen molar-refractivity contribution >= 4 is 29.0 Å². The molecule has 7 heteroatoms. The number of rotatable bonds is 6. The van der Waals surface area contributed by atoms with Crippen LogP contribution in [0.5, 0.6) is 0 Å². The maximum atomic E-state index is 13.0. The highest BCUT2D eigenvalue weighted by molar-refractivity contribution is 6.31. The van der Waals surface area contributed by atoms with Crippen LogP contribution >= 0.6 is 11.6 Å². The van der Waals surface area contributed by atoms with Gasteiger partial charge in [0.25, 0.3) is 0 Å². The molecular formula is C24H24ClFN4O. The minimum atomic E-state index is -0.311. The Bertz CT molecular complexity index is 1020. The topological polar surface area (TPSA) is 48.5 Å². The first-order chi connectivity index (χ1) is 15.1. The highest BCUT2D eigenvalue weighted by Gasteiger charge is 2.19. The molecule has 0 spiro atoms. The zero-order valence-electron chi connectivity index (χ0n) is 17.1. The van der Waals surface area contributed by atoms with E-state index in [4.69, 9.17) is 11.6 Å². The van der Waals surface area contributed by atoms with Crippen LogP contribution in [0, 0.1) is 5.82 Å². The number of nitrogens with zero attached hydrogens (tertiary/aromatic N) is 3. The molecule has 1 fully saturated rings. The Kier molecular flexibility index (Phi) is 6.79. The summed E-state index contributed by atoms with van der Waals surface area (Å²) in [6, 6.07) is 17.7. The number of aromatic nitrogens is 1. The summed E-state index contributed by atoms with van der Waals surface area (Å²) in [4.78, 5) is 21.4. The van der Waals surface area contributed by atoms with Crippen molar-refractivity contribution in [1.82, 2.24) is 9.88 Å². The number of amides is 1. The molecule has 1 N–H and O–H groups in total. The van der Waals surface area contributed by atoms with Crippen molar-refractivity contribution in [2.45, 2.75) is 13.0 Å². The number of anilines is 2. The smallest absolute Gasteiger partial charge is 0.228 e. The second-order valence-electron chi connectivity index (χ2n) is 7.61. The predicted octanol–water partition coefficient (Wildman–Crippen LogP) is 4.38. The van der Waals surface area contributed by atoms with Gasteiger partial charge in [0.15, 0.2) is 0 Å². The number of hydrogen-bond acceptors (Lipinski definition) is 4. The molecule has 5 nitrogen and oxygen atoms in total. The maximum Gasteiger partial charge on any atom is 0.228 e. The molecule has 0 saturated carbocycles. The average molecular weight is 439 g/mol. The zero-order chi connectivity index (χ0) is 21.6. The minimum absolute atomic E-state index is 0.158. The molecule has 2 aromatic carbocycles. The van der Waals surface area contributed by atoms with Crippen molar-refractivity contribution in [3.8, 4) is 0 Å². The van der Waals surface area contributed by atoms with Gasteiger partial charge >= 0.3 is 0 Å². The van der Waals surface area contributed by atoms with Crippen LogP contribution in [0.4, 0.5) is 15.9 Å². The van der Waals surface area contributed by atoms with Crippen molar-refractivity contribution in [2.24, 2.45) is 0 Å². The third-order valence-electron chi connectivity index (χ3n) is 5.36. The molecule has 3 aromatic rings. The van der Waals surface area contributed by atoms with Gasteiger partial charge in [-0.25, -0.2) is 9.37 Å². The summed E-state index contributed by atoms with van der Waals surface area (Å²) in [5.41, 5.74) is 2.56. The molecular weight excluding hydrogens is 415 g/mol. The highest BCUT2D eigenvalue weighted by Crippen LogP contribution is 2.20. The molecule has 160 valence electrons. The van der Waals surface area contributed by atoms with Crippen molar-refractivity contribution in [2.75, 3.05) is 36.4 Å². The van der Waals surface area contributed by atoms with E-state index in [-0.39, 0.29) is 18.1 Å². The lowest BCUT2D eigenvalue weighted by molar-refractivity contribution is -0.115. The normalized spacial score (nSPS) is 14.5. The molecule has 31 heavy (non-hydrogen) atoms. The summed E-state index contributed by atoms with van der Waals surface area (Å²) in [5.74, 6) is 0.428. The van der Waals surface area contributed by atoms with E-state index in [2.05, 4.69) is 26.2 Å². The molecule has 0 radical (unpaired) electrons. The lowest BCUT2D eigenvalue weighted by Crippen LogP contribution is -2.46. The van der Waals surface area contributed by atoms with Gasteiger partial charge in [-0.2, -0.15) is 0 Å². The fourth-order valence-electron chi connectivity index (χ4n) is 3.64. The van der Waals surface area contributed by atoms with E-state index in [0.717, 1.165) is 54.7 Å². The van der Waals surface area contributed by atoms with Crippen molar-refractivity contribution in [1.29, 1.82) is 0 Å². The first-order valence-corrected chi connectivity index (χ1v) is 10.7. The molecule has 1 amide bonds. The quantitative estimate of drug-likeness (QED) is 0.620. The Morgan fingerprint density at radius 1 is 1.00 bits per heavy atom. The second-order valence-corrected chi connectivity index (χ2v) is 8.02. The van der Waals surface area contributed by atoms with Crippen molar-refractivity contribution in [3.05, 3.63) is 88.8 Å². The molecule has 2 heterocycles. The van der Waals surface area contributed by atoms with Crippen LogP contribution in [-0.4, -0.2) is 42.0 Å². The van der Waals surface area contributed by atoms with Crippen LogP contribution < -0.4 is 10.2 Å². The monoisotopic (exact) mass is 438 g/mol. The van der Waals surface area contributed by atoms with E-state index in [1.54, 1.807) is 18.3 Å². The van der Waals surface area contributed by atoms with Crippen LogP contribution in [0.1, 0.15) is 11.1 Å². The second kappa shape index (κ2) is 9.90. The Balaban J connectivity index is 1.27. The average Bonchev–Trinajstić information content (AvgIpc) is 2.78. The molecule has 1 aliphatic rings. The van der Waals surface area contributed by atoms with E-state index >= 15 is 0 Å². The van der Waals surface area contributed by atoms with Gasteiger partial charge in [0, 0.05) is 37.7 Å². The van der Waals surface area contributed by atoms with Gasteiger partial charge in [-0.1, -0.05) is 41.9 Å². The van der Waals surface area contributed by atoms with Crippen molar-refractivity contribution in [3.63, 3.8) is 0 Å². The molecule has 1 aliphatic heterocycles. The molecule has 0 atom stereocenters. The van der Waals surface area contributed by atoms with E-state index in [0.29, 0.717) is 5.69 Å². The summed E-state index contributed by atoms with van der Waals surface area (Å²) < 4.78 is 13.0. The van der Waals surface area contributed by atoms with Gasteiger partial charge < -0.3 is 10.2 Å². The van der Waals surface area contributed by atoms with Crippen LogP contribution in [0.25, 0.3) is 0 Å². The number of carbonyl (C=O) groups is 1. The molecule has 0 unspecified atom stereocenters. The third kappa shape index (κ3) is 5.81. The number of pyridine rings is 1. The SMILES string of the molecule is O=C(Cc1ccc(F)cc1)Nc1ccc(N2CCN(Cc3ccccc3Cl)CC2)nc1. The van der Waals surface area contributed by atoms with Crippen LogP contribution in [0.15, 0.2) is 66.9 Å². The number of piperazine rings is 1. The molecule has 4 rings (SSSR count). The number of hydrogen-bond donors (Lipinski definition) is 1. The summed E-state index contributed by atoms with van der Waals surface area (Å²) in [6.07, 6.45) is 1.86. The zero-order valence-corrected chi connectivity index (χ0v) is 17.9. The third-order valence-corrected chi connectivity index (χ3v) is 5.73. The molecule has 1 aromatic heterocycles. The Labute approximate surface area is 186 Å². The van der Waals surface area contributed by atoms with Crippen LogP contribution in [-0.2, 0) is 17.8 Å². The first-order valence-electron chi connectivity index (χ1n) is 10.3. The minimum Gasteiger partial charge on any atom is -0.354 e. The van der Waals surface area contributed by atoms with Crippen molar-refractivity contribution < 1.29 is 9.18 Å². The van der Waals surface area contributed by atoms with E-state index in [1.165, 1.54) is 12.1 Å². The highest BCUT2D eigenvalue weighted by atomic mass is 35.5. The van der Waals surface area contributed by atoms with Gasteiger partial charge in [0.05, 0.1) is 18.3 Å². The van der Waals surface area contributed by atoms with E-state index in [1.807, 2.05) is 30.3 Å². The Morgan fingerprint density at radius 3 is 2.42 bits per heavy atom. The van der Waals surface area contributed by atoms with Crippen LogP contribution in [0.2, 0.25) is 5.02 Å². The molecule has 1 saturated heterocycles. The van der Waals surface area contributed by atoms with Gasteiger partial charge in [-0.15, -0.1) is 0 Å². The van der Waals surface area contributed by atoms with E-state index < -0.39 is 0 Å². The standard InChI is InChI=1S/C24H24ClFN4O/c25-22-4-2-1-3-19(22)17-29-11-13-30(14-12-29)23-10-9-21(16-27-23)28-24(31)15-18-5-7-20(26)8-6-18/h1-10,16H,11-15,17H2,(H,28,31). The number of nitrogens with one attached hydrogen (secondary N) is 1. The molecule has 0 bridgehead atoms. The number of carbonyl (C=O) groups excluding carboxylic acids is 1. The van der Waals surface area contributed by atoms with Gasteiger partial charge in [-0.3, -0.25) is 9.69 Å². The predicted molar refractivity (Wildman–Crippen MR) is 122 cm³/mol. The largest absolute Gasteiger partial charge is 0.354 e. The summed E-state index contributed by atoms with van der Waals surface area (Å²) in [6.45, 7) is 4.48. The van der Waals surface area contributed by atoms with Gasteiger partial charge in [0.1, 0.15) is 11.6 Å². The number of benzene rings is 2. The lowest BCUT2D eigenvalue weighted by Gasteiger charge is -2.35. The summed E-state index contributed by atoms with van der Waals surface area (Å²) >= 11 is 6.28. The Morgan fingerprint density at radius 2 is 1.74 bits per heavy atom. The summed E-state index contributed by atoms with van der Waals surface area (Å²) in [5, 5.41) is 3.65. The van der Waals surface area contributed by atoms with Gasteiger partial charge in [-0.05, 0) is 41.5 Å². The fourth-order valence-corrected chi connectivity index (χ4v) is 3.84. The fraction of sp³-hybridized carbons (Fsp3) is 0.250. The first kappa shape index (κ1) is 21.3. The lowest BCUT2D eigenvalue weighted by atomic mass is 10.1. The number of halogens is 2.